The molecule has 136 valence electrons. The Balaban J connectivity index is 1.77. The molecule has 0 unspecified atom stereocenters. The molecule has 0 radical (unpaired) electrons. The fraction of sp³-hybridized carbons (Fsp3) is 0.240. The Morgan fingerprint density at radius 1 is 0.778 bits per heavy atom. The first kappa shape index (κ1) is 17.5. The second-order valence-electron chi connectivity index (χ2n) is 7.25. The Morgan fingerprint density at radius 2 is 1.37 bits per heavy atom. The molecule has 4 bridgehead atoms. The topological polar surface area (TPSA) is 26.3 Å². The first-order valence-electron chi connectivity index (χ1n) is 9.61. The SMILES string of the molecule is CC(=O)O[C@H](c1ccccc1)c1cc2ccc1CCc1ccc(cc1)CC2. The highest BCUT2D eigenvalue weighted by atomic mass is 16.5. The molecule has 0 spiro atoms. The van der Waals surface area contributed by atoms with Crippen LogP contribution in [0.15, 0.2) is 72.8 Å². The van der Waals surface area contributed by atoms with Gasteiger partial charge in [0.15, 0.2) is 6.10 Å². The lowest BCUT2D eigenvalue weighted by atomic mass is 9.89. The molecule has 27 heavy (non-hydrogen) atoms. The Bertz CT molecular complexity index is 926. The van der Waals surface area contributed by atoms with E-state index in [4.69, 9.17) is 4.74 Å². The highest BCUT2D eigenvalue weighted by molar-refractivity contribution is 5.67. The Hall–Kier alpha value is -2.87. The molecule has 0 saturated heterocycles. The van der Waals surface area contributed by atoms with Crippen LogP contribution < -0.4 is 0 Å². The number of hydrogen-bond donors (Lipinski definition) is 0. The van der Waals surface area contributed by atoms with Crippen LogP contribution in [0.25, 0.3) is 0 Å². The van der Waals surface area contributed by atoms with E-state index in [-0.39, 0.29) is 12.1 Å². The molecule has 3 aromatic rings. The van der Waals surface area contributed by atoms with Gasteiger partial charge in [-0.05, 0) is 53.5 Å². The zero-order valence-electron chi connectivity index (χ0n) is 15.7. The normalized spacial score (nSPS) is 14.3. The van der Waals surface area contributed by atoms with Gasteiger partial charge in [-0.3, -0.25) is 4.79 Å². The average Bonchev–Trinajstić information content (AvgIpc) is 2.69. The van der Waals surface area contributed by atoms with Crippen LogP contribution >= 0.6 is 0 Å². The van der Waals surface area contributed by atoms with Crippen LogP contribution in [0.3, 0.4) is 0 Å². The van der Waals surface area contributed by atoms with Crippen LogP contribution in [-0.2, 0) is 35.2 Å². The number of hydrogen-bond acceptors (Lipinski definition) is 2. The zero-order chi connectivity index (χ0) is 18.6. The smallest absolute Gasteiger partial charge is 0.303 e. The monoisotopic (exact) mass is 356 g/mol. The summed E-state index contributed by atoms with van der Waals surface area (Å²) in [4.78, 5) is 11.8. The molecule has 1 atom stereocenters. The van der Waals surface area contributed by atoms with Crippen molar-refractivity contribution in [2.24, 2.45) is 0 Å². The molecule has 0 N–H and O–H groups in total. The standard InChI is InChI=1S/C25H24O2/c1-18(26)27-25(23-5-3-2-4-6-23)24-17-21-12-11-19-7-9-20(10-8-19)13-15-22(24)16-14-21/h2-10,14,16-17,25H,11-13,15H2,1H3/t25-/m1/s1. The van der Waals surface area contributed by atoms with Gasteiger partial charge in [-0.1, -0.05) is 72.8 Å². The van der Waals surface area contributed by atoms with E-state index in [1.807, 2.05) is 30.3 Å². The highest BCUT2D eigenvalue weighted by Gasteiger charge is 2.21. The van der Waals surface area contributed by atoms with Gasteiger partial charge in [0.1, 0.15) is 0 Å². The van der Waals surface area contributed by atoms with E-state index in [9.17, 15) is 4.79 Å². The second-order valence-corrected chi connectivity index (χ2v) is 7.25. The van der Waals surface area contributed by atoms with Crippen LogP contribution in [0.5, 0.6) is 0 Å². The number of ether oxygens (including phenoxy) is 1. The first-order valence-corrected chi connectivity index (χ1v) is 9.61. The minimum atomic E-state index is -0.359. The van der Waals surface area contributed by atoms with Crippen molar-refractivity contribution in [2.75, 3.05) is 0 Å². The lowest BCUT2D eigenvalue weighted by Crippen LogP contribution is -2.13. The molecule has 0 aromatic heterocycles. The van der Waals surface area contributed by atoms with Crippen LogP contribution in [0.2, 0.25) is 0 Å². The molecule has 0 saturated carbocycles. The van der Waals surface area contributed by atoms with Crippen molar-refractivity contribution >= 4 is 5.97 Å². The third kappa shape index (κ3) is 4.11. The van der Waals surface area contributed by atoms with E-state index in [1.165, 1.54) is 29.2 Å². The van der Waals surface area contributed by atoms with Crippen molar-refractivity contribution in [3.63, 3.8) is 0 Å². The maximum atomic E-state index is 11.8. The van der Waals surface area contributed by atoms with Gasteiger partial charge in [0.2, 0.25) is 0 Å². The lowest BCUT2D eigenvalue weighted by molar-refractivity contribution is -0.144. The Kier molecular flexibility index (Phi) is 5.06. The lowest BCUT2D eigenvalue weighted by Gasteiger charge is -2.22. The second kappa shape index (κ2) is 7.79. The highest BCUT2D eigenvalue weighted by Crippen LogP contribution is 2.31. The summed E-state index contributed by atoms with van der Waals surface area (Å²) >= 11 is 0. The van der Waals surface area contributed by atoms with E-state index in [0.29, 0.717) is 0 Å². The summed E-state index contributed by atoms with van der Waals surface area (Å²) in [5.41, 5.74) is 7.37. The van der Waals surface area contributed by atoms with Gasteiger partial charge < -0.3 is 4.74 Å². The van der Waals surface area contributed by atoms with Crippen molar-refractivity contribution < 1.29 is 9.53 Å². The average molecular weight is 356 g/mol. The maximum absolute atomic E-state index is 11.8. The number of carbonyl (C=O) groups excluding carboxylic acids is 1. The van der Waals surface area contributed by atoms with Gasteiger partial charge in [0, 0.05) is 12.5 Å². The largest absolute Gasteiger partial charge is 0.453 e. The van der Waals surface area contributed by atoms with Crippen molar-refractivity contribution in [3.05, 3.63) is 106 Å². The van der Waals surface area contributed by atoms with Crippen LogP contribution in [0, 0.1) is 0 Å². The van der Waals surface area contributed by atoms with E-state index in [0.717, 1.165) is 36.8 Å². The molecule has 2 nitrogen and oxygen atoms in total. The molecule has 7 rings (SSSR count). The molecule has 2 heteroatoms. The van der Waals surface area contributed by atoms with Crippen molar-refractivity contribution in [3.8, 4) is 0 Å². The summed E-state index contributed by atoms with van der Waals surface area (Å²) < 4.78 is 5.80. The van der Waals surface area contributed by atoms with E-state index in [2.05, 4.69) is 42.5 Å². The molecule has 0 fully saturated rings. The number of benzene rings is 3. The van der Waals surface area contributed by atoms with Gasteiger partial charge in [-0.2, -0.15) is 0 Å². The number of aryl methyl sites for hydroxylation is 4. The molecular formula is C25H24O2. The fourth-order valence-corrected chi connectivity index (χ4v) is 3.82. The molecular weight excluding hydrogens is 332 g/mol. The third-order valence-electron chi connectivity index (χ3n) is 5.29. The molecule has 4 aliphatic carbocycles. The van der Waals surface area contributed by atoms with Crippen molar-refractivity contribution in [1.29, 1.82) is 0 Å². The predicted octanol–water partition coefficient (Wildman–Crippen LogP) is 5.22. The predicted molar refractivity (Wildman–Crippen MR) is 108 cm³/mol. The Morgan fingerprint density at radius 3 is 2.04 bits per heavy atom. The summed E-state index contributed by atoms with van der Waals surface area (Å²) in [6.45, 7) is 1.48. The van der Waals surface area contributed by atoms with E-state index >= 15 is 0 Å². The molecule has 0 heterocycles. The zero-order valence-corrected chi connectivity index (χ0v) is 15.7. The third-order valence-corrected chi connectivity index (χ3v) is 5.29. The molecule has 4 aliphatic rings. The van der Waals surface area contributed by atoms with Gasteiger partial charge >= 0.3 is 5.97 Å². The van der Waals surface area contributed by atoms with Gasteiger partial charge in [-0.25, -0.2) is 0 Å². The molecule has 0 aliphatic heterocycles. The van der Waals surface area contributed by atoms with E-state index in [1.54, 1.807) is 0 Å². The van der Waals surface area contributed by atoms with Crippen molar-refractivity contribution in [2.45, 2.75) is 38.7 Å². The summed E-state index contributed by atoms with van der Waals surface area (Å²) in [6, 6.07) is 25.7. The van der Waals surface area contributed by atoms with E-state index < -0.39 is 0 Å². The summed E-state index contributed by atoms with van der Waals surface area (Å²) in [6.07, 6.45) is 3.55. The number of carbonyl (C=O) groups is 1. The minimum Gasteiger partial charge on any atom is -0.453 e. The van der Waals surface area contributed by atoms with Crippen LogP contribution in [0.1, 0.15) is 46.4 Å². The van der Waals surface area contributed by atoms with Gasteiger partial charge in [0.05, 0.1) is 0 Å². The fourth-order valence-electron chi connectivity index (χ4n) is 3.82. The maximum Gasteiger partial charge on any atom is 0.303 e. The number of rotatable bonds is 3. The molecule has 3 aromatic carbocycles. The number of esters is 1. The summed E-state index contributed by atoms with van der Waals surface area (Å²) in [5, 5.41) is 0. The quantitative estimate of drug-likeness (QED) is 0.601. The summed E-state index contributed by atoms with van der Waals surface area (Å²) in [7, 11) is 0. The minimum absolute atomic E-state index is 0.254. The first-order chi connectivity index (χ1) is 13.2. The summed E-state index contributed by atoms with van der Waals surface area (Å²) in [5.74, 6) is -0.254. The van der Waals surface area contributed by atoms with Crippen molar-refractivity contribution in [1.82, 2.24) is 0 Å². The van der Waals surface area contributed by atoms with Crippen LogP contribution in [0.4, 0.5) is 0 Å². The molecule has 0 amide bonds. The Labute approximate surface area is 160 Å². The van der Waals surface area contributed by atoms with Gasteiger partial charge in [-0.15, -0.1) is 0 Å². The van der Waals surface area contributed by atoms with Crippen LogP contribution in [-0.4, -0.2) is 5.97 Å². The van der Waals surface area contributed by atoms with Gasteiger partial charge in [0.25, 0.3) is 0 Å².